The van der Waals surface area contributed by atoms with Gasteiger partial charge in [0.25, 0.3) is 0 Å². The molecule has 0 atom stereocenters. The van der Waals surface area contributed by atoms with Gasteiger partial charge in [0.05, 0.1) is 23.0 Å². The van der Waals surface area contributed by atoms with Gasteiger partial charge < -0.3 is 9.52 Å². The van der Waals surface area contributed by atoms with Crippen molar-refractivity contribution in [1.82, 2.24) is 9.38 Å². The first kappa shape index (κ1) is 12.0. The normalized spacial score (nSPS) is 11.0. The van der Waals surface area contributed by atoms with Gasteiger partial charge >= 0.3 is 5.97 Å². The number of fused-ring (bicyclic) bond motifs is 1. The fourth-order valence-corrected chi connectivity index (χ4v) is 2.58. The first-order valence-electron chi connectivity index (χ1n) is 5.58. The fourth-order valence-electron chi connectivity index (χ4n) is 2.03. The molecule has 0 radical (unpaired) electrons. The average Bonchev–Trinajstić information content (AvgIpc) is 2.96. The van der Waals surface area contributed by atoms with Gasteiger partial charge in [-0.1, -0.05) is 6.07 Å². The SMILES string of the molecule is O=C(O)Cc1c(-c2ccco2)nc2cccc(Br)n12. The molecule has 0 fully saturated rings. The highest BCUT2D eigenvalue weighted by atomic mass is 79.9. The van der Waals surface area contributed by atoms with Crippen molar-refractivity contribution in [3.8, 4) is 11.5 Å². The van der Waals surface area contributed by atoms with Crippen LogP contribution in [0.15, 0.2) is 45.6 Å². The molecule has 96 valence electrons. The number of carboxylic acid groups (broad SMARTS) is 1. The van der Waals surface area contributed by atoms with E-state index in [1.165, 1.54) is 0 Å². The maximum absolute atomic E-state index is 11.1. The first-order chi connectivity index (χ1) is 9.16. The molecule has 0 aromatic carbocycles. The van der Waals surface area contributed by atoms with Crippen LogP contribution in [0.2, 0.25) is 0 Å². The number of carbonyl (C=O) groups is 1. The second-order valence-electron chi connectivity index (χ2n) is 4.00. The van der Waals surface area contributed by atoms with Crippen LogP contribution in [0.3, 0.4) is 0 Å². The van der Waals surface area contributed by atoms with Gasteiger partial charge in [-0.3, -0.25) is 9.20 Å². The Morgan fingerprint density at radius 2 is 2.21 bits per heavy atom. The van der Waals surface area contributed by atoms with Crippen molar-refractivity contribution < 1.29 is 14.3 Å². The van der Waals surface area contributed by atoms with Crippen LogP contribution in [0.5, 0.6) is 0 Å². The number of furan rings is 1. The monoisotopic (exact) mass is 320 g/mol. The standard InChI is InChI=1S/C13H9BrN2O3/c14-10-4-1-5-11-15-13(9-3-2-6-19-9)8(16(10)11)7-12(17)18/h1-6H,7H2,(H,17,18). The van der Waals surface area contributed by atoms with Gasteiger partial charge in [0.15, 0.2) is 5.76 Å². The molecule has 0 saturated heterocycles. The highest BCUT2D eigenvalue weighted by Gasteiger charge is 2.19. The van der Waals surface area contributed by atoms with Crippen LogP contribution in [-0.4, -0.2) is 20.5 Å². The molecular weight excluding hydrogens is 312 g/mol. The molecule has 0 aliphatic heterocycles. The zero-order valence-corrected chi connectivity index (χ0v) is 11.3. The Hall–Kier alpha value is -2.08. The maximum atomic E-state index is 11.1. The van der Waals surface area contributed by atoms with Crippen molar-refractivity contribution in [2.24, 2.45) is 0 Å². The van der Waals surface area contributed by atoms with Gasteiger partial charge in [-0.25, -0.2) is 4.98 Å². The number of rotatable bonds is 3. The Labute approximate surface area is 116 Å². The Morgan fingerprint density at radius 1 is 1.37 bits per heavy atom. The Bertz CT molecular complexity index is 747. The highest BCUT2D eigenvalue weighted by Crippen LogP contribution is 2.27. The van der Waals surface area contributed by atoms with Crippen molar-refractivity contribution in [2.75, 3.05) is 0 Å². The highest BCUT2D eigenvalue weighted by molar-refractivity contribution is 9.10. The lowest BCUT2D eigenvalue weighted by Crippen LogP contribution is -2.05. The summed E-state index contributed by atoms with van der Waals surface area (Å²) in [5.74, 6) is -0.350. The van der Waals surface area contributed by atoms with Crippen molar-refractivity contribution >= 4 is 27.5 Å². The summed E-state index contributed by atoms with van der Waals surface area (Å²) in [6.45, 7) is 0. The topological polar surface area (TPSA) is 67.7 Å². The van der Waals surface area contributed by atoms with Crippen LogP contribution < -0.4 is 0 Å². The van der Waals surface area contributed by atoms with E-state index in [1.54, 1.807) is 22.8 Å². The smallest absolute Gasteiger partial charge is 0.309 e. The average molecular weight is 321 g/mol. The minimum absolute atomic E-state index is 0.125. The number of pyridine rings is 1. The van der Waals surface area contributed by atoms with Crippen LogP contribution in [0.1, 0.15) is 5.69 Å². The zero-order chi connectivity index (χ0) is 13.4. The number of hydrogen-bond acceptors (Lipinski definition) is 3. The second kappa shape index (κ2) is 4.55. The van der Waals surface area contributed by atoms with E-state index in [-0.39, 0.29) is 6.42 Å². The quantitative estimate of drug-likeness (QED) is 0.753. The van der Waals surface area contributed by atoms with Gasteiger partial charge in [0.1, 0.15) is 11.3 Å². The summed E-state index contributed by atoms with van der Waals surface area (Å²) in [7, 11) is 0. The molecule has 1 N–H and O–H groups in total. The maximum Gasteiger partial charge on any atom is 0.309 e. The molecule has 3 rings (SSSR count). The molecule has 19 heavy (non-hydrogen) atoms. The zero-order valence-electron chi connectivity index (χ0n) is 9.71. The molecule has 0 unspecified atom stereocenters. The molecule has 3 aromatic heterocycles. The van der Waals surface area contributed by atoms with E-state index in [2.05, 4.69) is 20.9 Å². The molecule has 3 aromatic rings. The summed E-state index contributed by atoms with van der Waals surface area (Å²) < 4.78 is 7.85. The third-order valence-corrected chi connectivity index (χ3v) is 3.38. The lowest BCUT2D eigenvalue weighted by Gasteiger charge is -2.03. The van der Waals surface area contributed by atoms with Gasteiger partial charge in [-0.2, -0.15) is 0 Å². The lowest BCUT2D eigenvalue weighted by atomic mass is 10.2. The van der Waals surface area contributed by atoms with Crippen LogP contribution in [0.4, 0.5) is 0 Å². The van der Waals surface area contributed by atoms with Crippen molar-refractivity contribution in [2.45, 2.75) is 6.42 Å². The molecule has 0 amide bonds. The number of nitrogens with zero attached hydrogens (tertiary/aromatic N) is 2. The van der Waals surface area contributed by atoms with E-state index in [1.807, 2.05) is 18.2 Å². The number of aromatic nitrogens is 2. The second-order valence-corrected chi connectivity index (χ2v) is 4.81. The molecule has 0 saturated carbocycles. The molecule has 5 nitrogen and oxygen atoms in total. The summed E-state index contributed by atoms with van der Waals surface area (Å²) in [6.07, 6.45) is 1.42. The van der Waals surface area contributed by atoms with Crippen LogP contribution in [0.25, 0.3) is 17.1 Å². The van der Waals surface area contributed by atoms with Gasteiger partial charge in [0, 0.05) is 0 Å². The predicted octanol–water partition coefficient (Wildman–Crippen LogP) is 2.98. The van der Waals surface area contributed by atoms with Crippen LogP contribution in [-0.2, 0) is 11.2 Å². The third-order valence-electron chi connectivity index (χ3n) is 2.76. The largest absolute Gasteiger partial charge is 0.481 e. The van der Waals surface area contributed by atoms with E-state index in [0.717, 1.165) is 4.60 Å². The van der Waals surface area contributed by atoms with Gasteiger partial charge in [0.2, 0.25) is 0 Å². The Morgan fingerprint density at radius 3 is 2.89 bits per heavy atom. The number of imidazole rings is 1. The molecule has 6 heteroatoms. The molecule has 0 bridgehead atoms. The molecule has 0 spiro atoms. The lowest BCUT2D eigenvalue weighted by molar-refractivity contribution is -0.136. The Balaban J connectivity index is 2.32. The molecule has 0 aliphatic carbocycles. The first-order valence-corrected chi connectivity index (χ1v) is 6.37. The fraction of sp³-hybridized carbons (Fsp3) is 0.0769. The van der Waals surface area contributed by atoms with Crippen molar-refractivity contribution in [3.05, 3.63) is 46.9 Å². The van der Waals surface area contributed by atoms with E-state index in [9.17, 15) is 4.79 Å². The van der Waals surface area contributed by atoms with Crippen molar-refractivity contribution in [1.29, 1.82) is 0 Å². The van der Waals surface area contributed by atoms with E-state index < -0.39 is 5.97 Å². The van der Waals surface area contributed by atoms with Crippen LogP contribution >= 0.6 is 15.9 Å². The van der Waals surface area contributed by atoms with E-state index >= 15 is 0 Å². The van der Waals surface area contributed by atoms with Crippen LogP contribution in [0, 0.1) is 0 Å². The number of hydrogen-bond donors (Lipinski definition) is 1. The molecule has 3 heterocycles. The third kappa shape index (κ3) is 2.04. The van der Waals surface area contributed by atoms with Gasteiger partial charge in [-0.05, 0) is 40.2 Å². The number of halogens is 1. The minimum Gasteiger partial charge on any atom is -0.481 e. The van der Waals surface area contributed by atoms with E-state index in [4.69, 9.17) is 9.52 Å². The Kier molecular flexibility index (Phi) is 2.87. The number of carboxylic acids is 1. The molecular formula is C13H9BrN2O3. The summed E-state index contributed by atoms with van der Waals surface area (Å²) in [5, 5.41) is 9.07. The summed E-state index contributed by atoms with van der Waals surface area (Å²) >= 11 is 3.41. The van der Waals surface area contributed by atoms with Gasteiger partial charge in [-0.15, -0.1) is 0 Å². The van der Waals surface area contributed by atoms with Crippen molar-refractivity contribution in [3.63, 3.8) is 0 Å². The summed E-state index contributed by atoms with van der Waals surface area (Å²) in [5.41, 5.74) is 1.82. The summed E-state index contributed by atoms with van der Waals surface area (Å²) in [6, 6.07) is 9.03. The molecule has 0 aliphatic rings. The predicted molar refractivity (Wildman–Crippen MR) is 71.9 cm³/mol. The summed E-state index contributed by atoms with van der Waals surface area (Å²) in [4.78, 5) is 15.5. The van der Waals surface area contributed by atoms with E-state index in [0.29, 0.717) is 22.8 Å². The number of aliphatic carboxylic acids is 1. The minimum atomic E-state index is -0.912.